The number of carbonyl (C=O) groups is 1. The van der Waals surface area contributed by atoms with Crippen LogP contribution >= 0.6 is 11.3 Å². The molecule has 0 aliphatic carbocycles. The van der Waals surface area contributed by atoms with Gasteiger partial charge in [-0.2, -0.15) is 4.80 Å². The van der Waals surface area contributed by atoms with Crippen molar-refractivity contribution in [3.05, 3.63) is 53.4 Å². The summed E-state index contributed by atoms with van der Waals surface area (Å²) in [5.74, 6) is -0.541. The van der Waals surface area contributed by atoms with E-state index in [0.717, 1.165) is 21.2 Å². The Morgan fingerprint density at radius 2 is 1.92 bits per heavy atom. The molecule has 118 valence electrons. The van der Waals surface area contributed by atoms with Crippen LogP contribution in [0.3, 0.4) is 0 Å². The summed E-state index contributed by atoms with van der Waals surface area (Å²) < 4.78 is 0. The molecule has 0 amide bonds. The van der Waals surface area contributed by atoms with E-state index in [-0.39, 0.29) is 4.88 Å². The maximum Gasteiger partial charge on any atom is 0.345 e. The maximum absolute atomic E-state index is 11.4. The molecule has 0 aliphatic heterocycles. The predicted molar refractivity (Wildman–Crippen MR) is 92.0 cm³/mol. The molecule has 6 nitrogen and oxygen atoms in total. The van der Waals surface area contributed by atoms with Gasteiger partial charge in [0.05, 0.1) is 7.05 Å². The number of tetrazole rings is 1. The van der Waals surface area contributed by atoms with Crippen LogP contribution in [0.4, 0.5) is 0 Å². The van der Waals surface area contributed by atoms with Crippen LogP contribution in [0.25, 0.3) is 32.6 Å². The summed E-state index contributed by atoms with van der Waals surface area (Å²) in [4.78, 5) is 13.9. The molecule has 0 fully saturated rings. The number of nitrogens with zero attached hydrogens (tertiary/aromatic N) is 4. The van der Waals surface area contributed by atoms with Crippen molar-refractivity contribution in [1.82, 2.24) is 20.2 Å². The van der Waals surface area contributed by atoms with Crippen LogP contribution in [-0.4, -0.2) is 31.3 Å². The van der Waals surface area contributed by atoms with Crippen LogP contribution in [0.1, 0.15) is 9.67 Å². The van der Waals surface area contributed by atoms with Gasteiger partial charge >= 0.3 is 5.97 Å². The molecule has 2 aromatic heterocycles. The summed E-state index contributed by atoms with van der Waals surface area (Å²) in [5.41, 5.74) is 1.65. The number of carboxylic acid groups (broad SMARTS) is 1. The number of benzene rings is 2. The molecule has 4 rings (SSSR count). The molecular weight excluding hydrogens is 324 g/mol. The van der Waals surface area contributed by atoms with Crippen LogP contribution < -0.4 is 0 Å². The Morgan fingerprint density at radius 3 is 2.67 bits per heavy atom. The Balaban J connectivity index is 2.01. The van der Waals surface area contributed by atoms with E-state index in [4.69, 9.17) is 0 Å². The number of carboxylic acids is 1. The molecule has 2 heterocycles. The first-order chi connectivity index (χ1) is 11.6. The van der Waals surface area contributed by atoms with Gasteiger partial charge in [-0.25, -0.2) is 4.79 Å². The third-order valence-electron chi connectivity index (χ3n) is 3.73. The van der Waals surface area contributed by atoms with Gasteiger partial charge in [0.1, 0.15) is 4.88 Å². The molecule has 0 saturated heterocycles. The number of rotatable bonds is 3. The lowest BCUT2D eigenvalue weighted by Gasteiger charge is -2.06. The second-order valence-corrected chi connectivity index (χ2v) is 6.34. The first kappa shape index (κ1) is 14.5. The van der Waals surface area contributed by atoms with Gasteiger partial charge in [-0.1, -0.05) is 42.5 Å². The molecule has 7 heteroatoms. The summed E-state index contributed by atoms with van der Waals surface area (Å²) in [6.45, 7) is 0. The van der Waals surface area contributed by atoms with E-state index in [1.807, 2.05) is 42.5 Å². The van der Waals surface area contributed by atoms with E-state index in [9.17, 15) is 9.90 Å². The van der Waals surface area contributed by atoms with E-state index >= 15 is 0 Å². The first-order valence-electron chi connectivity index (χ1n) is 7.23. The Morgan fingerprint density at radius 1 is 1.12 bits per heavy atom. The number of fused-ring (bicyclic) bond motifs is 1. The highest BCUT2D eigenvalue weighted by Crippen LogP contribution is 2.40. The highest BCUT2D eigenvalue weighted by Gasteiger charge is 2.20. The minimum atomic E-state index is -0.961. The van der Waals surface area contributed by atoms with Crippen molar-refractivity contribution in [3.8, 4) is 21.8 Å². The fraction of sp³-hybridized carbons (Fsp3) is 0.0588. The number of thiophene rings is 1. The molecule has 0 saturated carbocycles. The summed E-state index contributed by atoms with van der Waals surface area (Å²) >= 11 is 1.22. The summed E-state index contributed by atoms with van der Waals surface area (Å²) in [7, 11) is 1.68. The molecule has 0 atom stereocenters. The Bertz CT molecular complexity index is 1060. The fourth-order valence-electron chi connectivity index (χ4n) is 2.68. The highest BCUT2D eigenvalue weighted by atomic mass is 32.1. The second kappa shape index (κ2) is 5.54. The van der Waals surface area contributed by atoms with Gasteiger partial charge in [0.25, 0.3) is 0 Å². The number of aromatic nitrogens is 4. The van der Waals surface area contributed by atoms with Crippen molar-refractivity contribution in [2.24, 2.45) is 7.05 Å². The third kappa shape index (κ3) is 2.35. The number of hydrogen-bond acceptors (Lipinski definition) is 5. The first-order valence-corrected chi connectivity index (χ1v) is 8.05. The molecular formula is C17H12N4O2S. The maximum atomic E-state index is 11.4. The van der Waals surface area contributed by atoms with Crippen LogP contribution in [0.2, 0.25) is 0 Å². The van der Waals surface area contributed by atoms with Gasteiger partial charge in [-0.3, -0.25) is 0 Å². The van der Waals surface area contributed by atoms with Crippen LogP contribution in [0.5, 0.6) is 0 Å². The zero-order chi connectivity index (χ0) is 16.7. The predicted octanol–water partition coefficient (Wildman–Crippen LogP) is 3.46. The van der Waals surface area contributed by atoms with E-state index in [2.05, 4.69) is 15.4 Å². The van der Waals surface area contributed by atoms with E-state index < -0.39 is 5.97 Å². The molecule has 0 bridgehead atoms. The van der Waals surface area contributed by atoms with Crippen molar-refractivity contribution in [2.75, 3.05) is 0 Å². The Labute approximate surface area is 141 Å². The molecule has 0 spiro atoms. The summed E-state index contributed by atoms with van der Waals surface area (Å²) in [6.07, 6.45) is 0. The highest BCUT2D eigenvalue weighted by molar-refractivity contribution is 7.18. The number of aromatic carboxylic acids is 1. The van der Waals surface area contributed by atoms with E-state index in [1.54, 1.807) is 13.1 Å². The van der Waals surface area contributed by atoms with Gasteiger partial charge in [0, 0.05) is 16.0 Å². The van der Waals surface area contributed by atoms with Crippen molar-refractivity contribution in [1.29, 1.82) is 0 Å². The van der Waals surface area contributed by atoms with Gasteiger partial charge in [-0.05, 0) is 22.1 Å². The molecule has 24 heavy (non-hydrogen) atoms. The molecule has 0 radical (unpaired) electrons. The fourth-order valence-corrected chi connectivity index (χ4v) is 3.71. The Kier molecular flexibility index (Phi) is 3.35. The lowest BCUT2D eigenvalue weighted by Crippen LogP contribution is -1.92. The Hall–Kier alpha value is -3.06. The van der Waals surface area contributed by atoms with Crippen molar-refractivity contribution < 1.29 is 9.90 Å². The lowest BCUT2D eigenvalue weighted by atomic mass is 10.0. The zero-order valence-electron chi connectivity index (χ0n) is 12.7. The summed E-state index contributed by atoms with van der Waals surface area (Å²) in [6, 6.07) is 15.6. The van der Waals surface area contributed by atoms with Gasteiger partial charge in [-0.15, -0.1) is 21.5 Å². The van der Waals surface area contributed by atoms with Crippen LogP contribution in [0, 0.1) is 0 Å². The zero-order valence-corrected chi connectivity index (χ0v) is 13.5. The van der Waals surface area contributed by atoms with E-state index in [0.29, 0.717) is 11.4 Å². The van der Waals surface area contributed by atoms with Gasteiger partial charge in [0.2, 0.25) is 5.82 Å². The minimum Gasteiger partial charge on any atom is -0.477 e. The van der Waals surface area contributed by atoms with Crippen LogP contribution in [-0.2, 0) is 7.05 Å². The SMILES string of the molecule is Cn1nnc(-c2cc(C(=O)O)sc2-c2cccc3ccccc23)n1. The largest absolute Gasteiger partial charge is 0.477 e. The molecule has 1 N–H and O–H groups in total. The minimum absolute atomic E-state index is 0.250. The third-order valence-corrected chi connectivity index (χ3v) is 4.88. The monoisotopic (exact) mass is 336 g/mol. The quantitative estimate of drug-likeness (QED) is 0.620. The average Bonchev–Trinajstić information content (AvgIpc) is 3.20. The molecule has 0 unspecified atom stereocenters. The number of hydrogen-bond donors (Lipinski definition) is 1. The number of aryl methyl sites for hydroxylation is 1. The van der Waals surface area contributed by atoms with Crippen LogP contribution in [0.15, 0.2) is 48.5 Å². The van der Waals surface area contributed by atoms with Crippen molar-refractivity contribution >= 4 is 28.1 Å². The van der Waals surface area contributed by atoms with Gasteiger partial charge in [0.15, 0.2) is 0 Å². The summed E-state index contributed by atoms with van der Waals surface area (Å²) in [5, 5.41) is 23.7. The van der Waals surface area contributed by atoms with Gasteiger partial charge < -0.3 is 5.11 Å². The molecule has 4 aromatic rings. The molecule has 2 aromatic carbocycles. The van der Waals surface area contributed by atoms with E-state index in [1.165, 1.54) is 16.1 Å². The lowest BCUT2D eigenvalue weighted by molar-refractivity contribution is 0.0702. The van der Waals surface area contributed by atoms with Crippen molar-refractivity contribution in [2.45, 2.75) is 0 Å². The average molecular weight is 336 g/mol. The normalized spacial score (nSPS) is 11.0. The topological polar surface area (TPSA) is 80.9 Å². The van der Waals surface area contributed by atoms with Crippen molar-refractivity contribution in [3.63, 3.8) is 0 Å². The second-order valence-electron chi connectivity index (χ2n) is 5.29. The molecule has 0 aliphatic rings. The standard InChI is InChI=1S/C17H12N4O2S/c1-21-19-16(18-20-21)13-9-14(17(22)23)24-15(13)12-8-4-6-10-5-2-3-7-11(10)12/h2-9H,1H3,(H,22,23). The smallest absolute Gasteiger partial charge is 0.345 e.